The summed E-state index contributed by atoms with van der Waals surface area (Å²) in [6, 6.07) is 0.699. The van der Waals surface area contributed by atoms with Crippen LogP contribution in [0.15, 0.2) is 9.32 Å². The number of fused-ring (bicyclic) bond motifs is 2. The van der Waals surface area contributed by atoms with Crippen molar-refractivity contribution in [3.8, 4) is 11.6 Å². The van der Waals surface area contributed by atoms with Gasteiger partial charge in [0.15, 0.2) is 17.9 Å². The third-order valence-electron chi connectivity index (χ3n) is 10.0. The van der Waals surface area contributed by atoms with Gasteiger partial charge < -0.3 is 20.3 Å². The number of anilines is 3. The number of rotatable bonds is 7. The molecule has 3 N–H and O–H groups in total. The van der Waals surface area contributed by atoms with Gasteiger partial charge in [-0.2, -0.15) is 0 Å². The van der Waals surface area contributed by atoms with Gasteiger partial charge in [0.05, 0.1) is 12.7 Å². The first-order chi connectivity index (χ1) is 19.0. The minimum absolute atomic E-state index is 0.00526. The third-order valence-corrected chi connectivity index (χ3v) is 10.0. The lowest BCUT2D eigenvalue weighted by Crippen LogP contribution is -2.60. The number of morpholine rings is 1. The van der Waals surface area contributed by atoms with Gasteiger partial charge in [-0.1, -0.05) is 31.3 Å². The van der Waals surface area contributed by atoms with Crippen LogP contribution in [0.1, 0.15) is 78.1 Å². The van der Waals surface area contributed by atoms with Crippen molar-refractivity contribution in [3.63, 3.8) is 0 Å². The van der Waals surface area contributed by atoms with E-state index in [1.54, 1.807) is 0 Å². The van der Waals surface area contributed by atoms with Crippen molar-refractivity contribution in [2.45, 2.75) is 103 Å². The average Bonchev–Trinajstić information content (AvgIpc) is 3.63. The molecule has 0 bridgehead atoms. The van der Waals surface area contributed by atoms with Gasteiger partial charge in [0, 0.05) is 25.2 Å². The normalized spacial score (nSPS) is 31.8. The molecule has 2 aromatic heterocycles. The van der Waals surface area contributed by atoms with Crippen molar-refractivity contribution in [1.82, 2.24) is 25.0 Å². The fraction of sp³-hybridized carbons (Fsp3) is 0.786. The summed E-state index contributed by atoms with van der Waals surface area (Å²) in [5, 5.41) is 11.5. The molecule has 0 amide bonds. The zero-order valence-corrected chi connectivity index (χ0v) is 23.2. The molecule has 3 unspecified atom stereocenters. The second-order valence-electron chi connectivity index (χ2n) is 12.6. The van der Waals surface area contributed by atoms with E-state index in [-0.39, 0.29) is 12.1 Å². The lowest BCUT2D eigenvalue weighted by atomic mass is 9.80. The lowest BCUT2D eigenvalue weighted by Gasteiger charge is -2.45. The zero-order chi connectivity index (χ0) is 26.5. The zero-order valence-electron chi connectivity index (χ0n) is 23.2. The van der Waals surface area contributed by atoms with Crippen molar-refractivity contribution in [3.05, 3.63) is 10.6 Å². The number of hydrogen-bond acceptors (Lipinski definition) is 10. The molecule has 3 saturated carbocycles. The fourth-order valence-electron chi connectivity index (χ4n) is 7.46. The number of ether oxygens (including phenoxy) is 1. The third kappa shape index (κ3) is 4.81. The monoisotopic (exact) mass is 538 g/mol. The molecule has 0 spiro atoms. The van der Waals surface area contributed by atoms with E-state index in [0.717, 1.165) is 55.8 Å². The van der Waals surface area contributed by atoms with Crippen molar-refractivity contribution in [2.75, 3.05) is 35.2 Å². The van der Waals surface area contributed by atoms with Gasteiger partial charge in [0.1, 0.15) is 5.69 Å². The molecule has 4 fully saturated rings. The highest BCUT2D eigenvalue weighted by molar-refractivity contribution is 5.84. The Bertz CT molecular complexity index is 1220. The second kappa shape index (κ2) is 10.4. The smallest absolute Gasteiger partial charge is 0.375 e. The van der Waals surface area contributed by atoms with E-state index in [2.05, 4.69) is 44.4 Å². The van der Waals surface area contributed by atoms with Crippen LogP contribution in [0.25, 0.3) is 11.6 Å². The molecule has 1 saturated heterocycles. The number of nitrogens with one attached hydrogen (secondary N) is 3. The molecule has 2 aliphatic heterocycles. The van der Waals surface area contributed by atoms with E-state index in [1.807, 2.05) is 0 Å². The van der Waals surface area contributed by atoms with E-state index < -0.39 is 5.76 Å². The van der Waals surface area contributed by atoms with Crippen LogP contribution >= 0.6 is 0 Å². The average molecular weight is 539 g/mol. The van der Waals surface area contributed by atoms with Gasteiger partial charge in [-0.25, -0.2) is 14.8 Å². The largest absolute Gasteiger partial charge is 0.439 e. The molecule has 3 aliphatic carbocycles. The molecule has 4 atom stereocenters. The van der Waals surface area contributed by atoms with E-state index in [4.69, 9.17) is 19.2 Å². The Morgan fingerprint density at radius 3 is 2.64 bits per heavy atom. The SMILES string of the molecule is C[C@@H](Nc1nc(-c2noc(=O)[nH]2)nc2c1N(C[C@H]1CC[C@H](C)CC1)C(N1CCOC3CCCC31)N2)C1CCC1. The van der Waals surface area contributed by atoms with Crippen molar-refractivity contribution in [1.29, 1.82) is 0 Å². The Kier molecular flexibility index (Phi) is 6.74. The van der Waals surface area contributed by atoms with Crippen LogP contribution in [0.5, 0.6) is 0 Å². The van der Waals surface area contributed by atoms with Gasteiger partial charge in [-0.3, -0.25) is 14.4 Å². The Morgan fingerprint density at radius 2 is 1.90 bits per heavy atom. The maximum absolute atomic E-state index is 11.8. The maximum Gasteiger partial charge on any atom is 0.439 e. The van der Waals surface area contributed by atoms with Crippen LogP contribution in [0, 0.1) is 17.8 Å². The van der Waals surface area contributed by atoms with Crippen molar-refractivity contribution >= 4 is 17.3 Å². The molecule has 5 aliphatic rings. The number of nitrogens with zero attached hydrogens (tertiary/aromatic N) is 5. The number of hydrogen-bond donors (Lipinski definition) is 3. The highest BCUT2D eigenvalue weighted by atomic mass is 16.5. The first kappa shape index (κ1) is 25.3. The van der Waals surface area contributed by atoms with Crippen LogP contribution < -0.4 is 21.3 Å². The molecule has 11 nitrogen and oxygen atoms in total. The summed E-state index contributed by atoms with van der Waals surface area (Å²) in [4.78, 5) is 29.4. The van der Waals surface area contributed by atoms with Crippen molar-refractivity contribution < 1.29 is 9.26 Å². The fourth-order valence-corrected chi connectivity index (χ4v) is 7.46. The molecule has 7 rings (SSSR count). The van der Waals surface area contributed by atoms with Crippen LogP contribution in [0.4, 0.5) is 17.3 Å². The van der Waals surface area contributed by atoms with Crippen LogP contribution in [-0.2, 0) is 4.74 Å². The predicted octanol–water partition coefficient (Wildman–Crippen LogP) is 4.02. The predicted molar refractivity (Wildman–Crippen MR) is 149 cm³/mol. The second-order valence-corrected chi connectivity index (χ2v) is 12.6. The van der Waals surface area contributed by atoms with Gasteiger partial charge in [-0.05, 0) is 69.6 Å². The molecule has 212 valence electrons. The molecule has 2 aromatic rings. The van der Waals surface area contributed by atoms with Crippen LogP contribution in [0.2, 0.25) is 0 Å². The van der Waals surface area contributed by atoms with Gasteiger partial charge in [0.2, 0.25) is 11.6 Å². The summed E-state index contributed by atoms with van der Waals surface area (Å²) >= 11 is 0. The number of H-pyrrole nitrogens is 1. The Labute approximate surface area is 229 Å². The van der Waals surface area contributed by atoms with E-state index in [9.17, 15) is 4.79 Å². The van der Waals surface area contributed by atoms with E-state index in [0.29, 0.717) is 35.8 Å². The Balaban J connectivity index is 1.28. The topological polar surface area (TPSA) is 124 Å². The van der Waals surface area contributed by atoms with Gasteiger partial charge >= 0.3 is 5.76 Å². The van der Waals surface area contributed by atoms with Gasteiger partial charge in [0.25, 0.3) is 0 Å². The standard InChI is InChI=1S/C28H42N8O3/c1-16-9-11-18(12-10-16)15-36-22-23(29-17(2)19-5-3-6-19)30-25(26-33-28(37)39-34-26)31-24(22)32-27(36)35-13-14-38-21-8-4-7-20(21)35/h16-21,27H,3-15H2,1-2H3,(H,33,34,37)(H2,29,30,31,32)/t16-,17-,18-,20?,21?,27?/m1/s1. The first-order valence-electron chi connectivity index (χ1n) is 15.2. The number of aromatic amines is 1. The molecule has 39 heavy (non-hydrogen) atoms. The number of aromatic nitrogens is 4. The molecular formula is C28H42N8O3. The van der Waals surface area contributed by atoms with E-state index >= 15 is 0 Å². The summed E-state index contributed by atoms with van der Waals surface area (Å²) in [5.41, 5.74) is 1.04. The molecule has 0 radical (unpaired) electrons. The minimum Gasteiger partial charge on any atom is -0.375 e. The quantitative estimate of drug-likeness (QED) is 0.476. The summed E-state index contributed by atoms with van der Waals surface area (Å²) < 4.78 is 11.0. The first-order valence-corrected chi connectivity index (χ1v) is 15.2. The van der Waals surface area contributed by atoms with Gasteiger partial charge in [-0.15, -0.1) is 0 Å². The summed E-state index contributed by atoms with van der Waals surface area (Å²) in [6.45, 7) is 7.26. The Morgan fingerprint density at radius 1 is 1.08 bits per heavy atom. The van der Waals surface area contributed by atoms with Crippen LogP contribution in [-0.4, -0.2) is 69.2 Å². The van der Waals surface area contributed by atoms with E-state index in [1.165, 1.54) is 51.4 Å². The van der Waals surface area contributed by atoms with Crippen LogP contribution in [0.3, 0.4) is 0 Å². The van der Waals surface area contributed by atoms with Crippen molar-refractivity contribution in [2.24, 2.45) is 17.8 Å². The minimum atomic E-state index is -0.606. The highest BCUT2D eigenvalue weighted by Gasteiger charge is 2.46. The maximum atomic E-state index is 11.8. The molecule has 4 heterocycles. The Hall–Kier alpha value is -2.66. The summed E-state index contributed by atoms with van der Waals surface area (Å²) in [7, 11) is 0. The summed E-state index contributed by atoms with van der Waals surface area (Å²) in [5.74, 6) is 3.71. The highest BCUT2D eigenvalue weighted by Crippen LogP contribution is 2.45. The summed E-state index contributed by atoms with van der Waals surface area (Å²) in [6.07, 6.45) is 12.7. The lowest BCUT2D eigenvalue weighted by molar-refractivity contribution is -0.0676. The molecular weight excluding hydrogens is 496 g/mol. The molecule has 11 heteroatoms. The molecule has 0 aromatic carbocycles.